The van der Waals surface area contributed by atoms with Crippen molar-refractivity contribution in [2.24, 2.45) is 0 Å². The van der Waals surface area contributed by atoms with E-state index in [0.29, 0.717) is 17.7 Å². The Morgan fingerprint density at radius 3 is 2.76 bits per heavy atom. The highest BCUT2D eigenvalue weighted by Gasteiger charge is 2.46. The third-order valence-electron chi connectivity index (χ3n) is 6.94. The van der Waals surface area contributed by atoms with Gasteiger partial charge in [0, 0.05) is 55.7 Å². The molecule has 9 heteroatoms. The Morgan fingerprint density at radius 2 is 2.03 bits per heavy atom. The van der Waals surface area contributed by atoms with Gasteiger partial charge in [0.15, 0.2) is 0 Å². The molecule has 0 radical (unpaired) electrons. The maximum atomic E-state index is 12.9. The first-order valence-corrected chi connectivity index (χ1v) is 11.8. The number of carbonyl (C=O) groups excluding carboxylic acids is 2. The number of hydrogen-bond acceptors (Lipinski definition) is 7. The van der Waals surface area contributed by atoms with E-state index in [0.717, 1.165) is 37.5 Å². The normalized spacial score (nSPS) is 26.4. The van der Waals surface area contributed by atoms with Crippen LogP contribution in [0.3, 0.4) is 0 Å². The number of likely N-dealkylation sites (N-methyl/N-ethyl adjacent to an activating group) is 1. The van der Waals surface area contributed by atoms with E-state index in [1.807, 2.05) is 17.0 Å². The molecular formula is C25H30N4O5. The predicted molar refractivity (Wildman–Crippen MR) is 125 cm³/mol. The van der Waals surface area contributed by atoms with E-state index in [1.54, 1.807) is 24.4 Å². The smallest absolute Gasteiger partial charge is 0.257 e. The Bertz CT molecular complexity index is 1040. The first-order chi connectivity index (χ1) is 16.5. The van der Waals surface area contributed by atoms with Crippen LogP contribution in [0.5, 0.6) is 5.75 Å². The average molecular weight is 467 g/mol. The number of anilines is 1. The number of aliphatic hydroxyl groups excluding tert-OH is 1. The van der Waals surface area contributed by atoms with Crippen molar-refractivity contribution in [1.82, 2.24) is 14.8 Å². The first kappa shape index (κ1) is 22.8. The molecule has 0 unspecified atom stereocenters. The van der Waals surface area contributed by atoms with Crippen molar-refractivity contribution in [1.29, 1.82) is 0 Å². The summed E-state index contributed by atoms with van der Waals surface area (Å²) in [5, 5.41) is 12.9. The lowest BCUT2D eigenvalue weighted by Crippen LogP contribution is -2.50. The van der Waals surface area contributed by atoms with Crippen LogP contribution in [0, 0.1) is 0 Å². The van der Waals surface area contributed by atoms with Crippen molar-refractivity contribution in [3.05, 3.63) is 53.9 Å². The number of fused-ring (bicyclic) bond motifs is 3. The molecule has 3 aliphatic heterocycles. The highest BCUT2D eigenvalue weighted by Crippen LogP contribution is 2.47. The lowest BCUT2D eigenvalue weighted by Gasteiger charge is -2.38. The molecule has 2 amide bonds. The summed E-state index contributed by atoms with van der Waals surface area (Å²) in [6.07, 6.45) is 2.92. The minimum absolute atomic E-state index is 0.0265. The molecule has 4 heterocycles. The number of amides is 2. The van der Waals surface area contributed by atoms with Crippen molar-refractivity contribution in [2.75, 3.05) is 45.2 Å². The Hall–Kier alpha value is -3.01. The van der Waals surface area contributed by atoms with E-state index < -0.39 is 6.10 Å². The zero-order chi connectivity index (χ0) is 23.7. The summed E-state index contributed by atoms with van der Waals surface area (Å²) >= 11 is 0. The topological polar surface area (TPSA) is 104 Å². The van der Waals surface area contributed by atoms with E-state index >= 15 is 0 Å². The second-order valence-corrected chi connectivity index (χ2v) is 9.24. The molecule has 0 spiro atoms. The fraction of sp³-hybridized carbons (Fsp3) is 0.480. The molecule has 1 aromatic heterocycles. The second kappa shape index (κ2) is 9.69. The summed E-state index contributed by atoms with van der Waals surface area (Å²) in [6, 6.07) is 8.99. The van der Waals surface area contributed by atoms with E-state index in [-0.39, 0.29) is 43.0 Å². The highest BCUT2D eigenvalue weighted by molar-refractivity contribution is 6.04. The number of aromatic nitrogens is 1. The van der Waals surface area contributed by atoms with Gasteiger partial charge in [-0.15, -0.1) is 0 Å². The molecule has 180 valence electrons. The van der Waals surface area contributed by atoms with Gasteiger partial charge in [0.25, 0.3) is 5.91 Å². The monoisotopic (exact) mass is 466 g/mol. The van der Waals surface area contributed by atoms with Crippen LogP contribution >= 0.6 is 0 Å². The third kappa shape index (κ3) is 4.64. The minimum atomic E-state index is -0.509. The zero-order valence-electron chi connectivity index (χ0n) is 19.2. The molecule has 1 aromatic carbocycles. The van der Waals surface area contributed by atoms with Crippen molar-refractivity contribution >= 4 is 17.5 Å². The average Bonchev–Trinajstić information content (AvgIpc) is 3.22. The van der Waals surface area contributed by atoms with Gasteiger partial charge in [0.1, 0.15) is 18.0 Å². The predicted octanol–water partition coefficient (Wildman–Crippen LogP) is 1.49. The summed E-state index contributed by atoms with van der Waals surface area (Å²) in [5.41, 5.74) is 2.10. The highest BCUT2D eigenvalue weighted by atomic mass is 16.6. The SMILES string of the molecule is CN1CCN(C(=O)C[C@@H]2C[C@H]3c4cc(NC(=O)c5cccnc5)ccc4O[C@H]3[C@H](CO)O2)CC1. The molecule has 2 fully saturated rings. The molecule has 3 aliphatic rings. The summed E-state index contributed by atoms with van der Waals surface area (Å²) in [6.45, 7) is 3.01. The number of aliphatic hydroxyl groups is 1. The van der Waals surface area contributed by atoms with Crippen LogP contribution in [-0.4, -0.2) is 89.9 Å². The molecule has 2 aromatic rings. The molecule has 0 bridgehead atoms. The van der Waals surface area contributed by atoms with Gasteiger partial charge < -0.3 is 29.7 Å². The molecule has 2 N–H and O–H groups in total. The lowest BCUT2D eigenvalue weighted by atomic mass is 9.84. The Labute approximate surface area is 198 Å². The lowest BCUT2D eigenvalue weighted by molar-refractivity contribution is -0.150. The Morgan fingerprint density at radius 1 is 1.21 bits per heavy atom. The summed E-state index contributed by atoms with van der Waals surface area (Å²) in [7, 11) is 2.06. The van der Waals surface area contributed by atoms with Crippen molar-refractivity contribution in [2.45, 2.75) is 37.1 Å². The van der Waals surface area contributed by atoms with Crippen LogP contribution in [0.15, 0.2) is 42.7 Å². The summed E-state index contributed by atoms with van der Waals surface area (Å²) in [5.74, 6) is 0.549. The van der Waals surface area contributed by atoms with Crippen LogP contribution in [0.25, 0.3) is 0 Å². The maximum absolute atomic E-state index is 12.9. The van der Waals surface area contributed by atoms with Crippen LogP contribution in [0.1, 0.15) is 34.7 Å². The van der Waals surface area contributed by atoms with Gasteiger partial charge in [-0.2, -0.15) is 0 Å². The van der Waals surface area contributed by atoms with Crippen molar-refractivity contribution < 1.29 is 24.2 Å². The van der Waals surface area contributed by atoms with Crippen LogP contribution in [-0.2, 0) is 9.53 Å². The van der Waals surface area contributed by atoms with E-state index in [4.69, 9.17) is 9.47 Å². The van der Waals surface area contributed by atoms with Gasteiger partial charge >= 0.3 is 0 Å². The molecule has 4 atom stereocenters. The van der Waals surface area contributed by atoms with Crippen molar-refractivity contribution in [3.8, 4) is 5.75 Å². The Kier molecular flexibility index (Phi) is 6.49. The number of carbonyl (C=O) groups is 2. The van der Waals surface area contributed by atoms with E-state index in [2.05, 4.69) is 22.2 Å². The van der Waals surface area contributed by atoms with E-state index in [1.165, 1.54) is 6.20 Å². The van der Waals surface area contributed by atoms with Crippen molar-refractivity contribution in [3.63, 3.8) is 0 Å². The summed E-state index contributed by atoms with van der Waals surface area (Å²) < 4.78 is 12.2. The van der Waals surface area contributed by atoms with Crippen LogP contribution < -0.4 is 10.1 Å². The number of piperazine rings is 1. The first-order valence-electron chi connectivity index (χ1n) is 11.8. The number of hydrogen-bond donors (Lipinski definition) is 2. The molecular weight excluding hydrogens is 436 g/mol. The van der Waals surface area contributed by atoms with Gasteiger partial charge in [-0.3, -0.25) is 14.6 Å². The number of nitrogens with zero attached hydrogens (tertiary/aromatic N) is 3. The van der Waals surface area contributed by atoms with Gasteiger partial charge in [0.2, 0.25) is 5.91 Å². The fourth-order valence-corrected chi connectivity index (χ4v) is 5.05. The fourth-order valence-electron chi connectivity index (χ4n) is 5.05. The second-order valence-electron chi connectivity index (χ2n) is 9.24. The minimum Gasteiger partial charge on any atom is -0.487 e. The Balaban J connectivity index is 1.30. The molecule has 5 rings (SSSR count). The standard InChI is InChI=1S/C25H30N4O5/c1-28-7-9-29(10-8-28)23(31)13-18-12-20-19-11-17(27-25(32)16-3-2-6-26-14-16)4-5-21(19)34-24(20)22(15-30)33-18/h2-6,11,14,18,20,22,24,30H,7-10,12-13,15H2,1H3,(H,27,32)/t18-,20-,22-,24+/m0/s1. The molecule has 0 saturated carbocycles. The number of benzene rings is 1. The zero-order valence-corrected chi connectivity index (χ0v) is 19.2. The number of pyridine rings is 1. The third-order valence-corrected chi connectivity index (χ3v) is 6.94. The molecule has 2 saturated heterocycles. The van der Waals surface area contributed by atoms with E-state index in [9.17, 15) is 14.7 Å². The molecule has 9 nitrogen and oxygen atoms in total. The van der Waals surface area contributed by atoms with Crippen LogP contribution in [0.4, 0.5) is 5.69 Å². The molecule has 34 heavy (non-hydrogen) atoms. The largest absolute Gasteiger partial charge is 0.487 e. The quantitative estimate of drug-likeness (QED) is 0.688. The number of nitrogens with one attached hydrogen (secondary N) is 1. The maximum Gasteiger partial charge on any atom is 0.257 e. The molecule has 0 aliphatic carbocycles. The number of rotatable bonds is 5. The van der Waals surface area contributed by atoms with Gasteiger partial charge in [0.05, 0.1) is 24.7 Å². The van der Waals surface area contributed by atoms with Gasteiger partial charge in [-0.1, -0.05) is 0 Å². The summed E-state index contributed by atoms with van der Waals surface area (Å²) in [4.78, 5) is 33.6. The number of ether oxygens (including phenoxy) is 2. The van der Waals surface area contributed by atoms with Crippen LogP contribution in [0.2, 0.25) is 0 Å². The van der Waals surface area contributed by atoms with Gasteiger partial charge in [-0.25, -0.2) is 0 Å². The van der Waals surface area contributed by atoms with Gasteiger partial charge in [-0.05, 0) is 43.8 Å².